The zero-order valence-corrected chi connectivity index (χ0v) is 15.0. The number of hydrogen-bond acceptors (Lipinski definition) is 4. The third-order valence-corrected chi connectivity index (χ3v) is 3.07. The molecule has 0 bridgehead atoms. The van der Waals surface area contributed by atoms with Crippen LogP contribution in [0.15, 0.2) is 72.1 Å². The first kappa shape index (κ1) is 17.6. The van der Waals surface area contributed by atoms with E-state index in [1.807, 2.05) is 60.8 Å². The van der Waals surface area contributed by atoms with Gasteiger partial charge >= 0.3 is 29.6 Å². The molecule has 6 heteroatoms. The summed E-state index contributed by atoms with van der Waals surface area (Å²) in [5.41, 5.74) is 4.72. The quantitative estimate of drug-likeness (QED) is 0.660. The van der Waals surface area contributed by atoms with Gasteiger partial charge in [-0.15, -0.1) is 0 Å². The Bertz CT molecular complexity index is 697. The average Bonchev–Trinajstić information content (AvgIpc) is 3.10. The molecular formula is C17H17N4NaO. The van der Waals surface area contributed by atoms with E-state index in [-0.39, 0.29) is 31.0 Å². The predicted molar refractivity (Wildman–Crippen MR) is 87.9 cm³/mol. The Labute approximate surface area is 158 Å². The van der Waals surface area contributed by atoms with Crippen LogP contribution in [0.4, 0.5) is 5.69 Å². The van der Waals surface area contributed by atoms with Crippen LogP contribution in [0.3, 0.4) is 0 Å². The summed E-state index contributed by atoms with van der Waals surface area (Å²) in [6.45, 7) is 0.714. The first-order valence-corrected chi connectivity index (χ1v) is 7.07. The molecular weight excluding hydrogens is 299 g/mol. The number of nitrogens with one attached hydrogen (secondary N) is 1. The van der Waals surface area contributed by atoms with Gasteiger partial charge in [0.1, 0.15) is 12.2 Å². The van der Waals surface area contributed by atoms with E-state index in [0.29, 0.717) is 6.61 Å². The molecule has 112 valence electrons. The van der Waals surface area contributed by atoms with E-state index in [0.717, 1.165) is 28.8 Å². The molecule has 23 heavy (non-hydrogen) atoms. The summed E-state index contributed by atoms with van der Waals surface area (Å²) in [6.07, 6.45) is 4.24. The topological polar surface area (TPSA) is 59.4 Å². The van der Waals surface area contributed by atoms with Gasteiger partial charge in [-0.2, -0.15) is 0 Å². The first-order chi connectivity index (χ1) is 10.9. The van der Waals surface area contributed by atoms with Crippen LogP contribution in [-0.4, -0.2) is 22.4 Å². The van der Waals surface area contributed by atoms with Crippen molar-refractivity contribution in [2.75, 3.05) is 6.61 Å². The molecule has 0 amide bonds. The number of nitrogens with zero attached hydrogens (tertiary/aromatic N) is 3. The summed E-state index contributed by atoms with van der Waals surface area (Å²) in [4.78, 5) is 17.3. The number of aromatic nitrogens is 2. The molecule has 1 fully saturated rings. The van der Waals surface area contributed by atoms with Crippen LogP contribution in [0.2, 0.25) is 0 Å². The van der Waals surface area contributed by atoms with Gasteiger partial charge in [0.25, 0.3) is 0 Å². The summed E-state index contributed by atoms with van der Waals surface area (Å²) in [5, 5.41) is 1.09. The minimum atomic E-state index is 0. The van der Waals surface area contributed by atoms with Gasteiger partial charge in [0.15, 0.2) is 0 Å². The number of aliphatic imine (C=N–C) groups is 1. The fraction of sp³-hybridized carbons (Fsp3) is 0.118. The molecule has 2 aromatic carbocycles. The third-order valence-electron chi connectivity index (χ3n) is 3.07. The standard InChI is InChI=1S/C9H10N2O.C8H6N2.Na.H/c1-2-4-8(5-3-1)10-9-6-7-12-11-9;1-2-4-8-7(3-1)5-9-6-10-8;;/h1-5H,6-7H2,(H,10,11);1-6H;;/q;;+1;-1. The second-order valence-electron chi connectivity index (χ2n) is 4.68. The number of para-hydroxylation sites is 2. The molecule has 0 radical (unpaired) electrons. The van der Waals surface area contributed by atoms with Crippen molar-refractivity contribution in [2.24, 2.45) is 4.99 Å². The van der Waals surface area contributed by atoms with Crippen LogP contribution in [-0.2, 0) is 4.84 Å². The van der Waals surface area contributed by atoms with Gasteiger partial charge in [0.05, 0.1) is 17.8 Å². The number of amidine groups is 1. The summed E-state index contributed by atoms with van der Waals surface area (Å²) in [5.74, 6) is 0.904. The number of hydrogen-bond donors (Lipinski definition) is 1. The number of fused-ring (bicyclic) bond motifs is 1. The SMILES string of the molecule is [H-].[Na+].c1ccc(N=C2CCON2)cc1.c1ccc2ncncc2c1. The predicted octanol–water partition coefficient (Wildman–Crippen LogP) is 0.388. The maximum absolute atomic E-state index is 4.95. The molecule has 1 aromatic heterocycles. The van der Waals surface area contributed by atoms with Crippen molar-refractivity contribution in [1.29, 1.82) is 0 Å². The molecule has 0 atom stereocenters. The summed E-state index contributed by atoms with van der Waals surface area (Å²) in [7, 11) is 0. The van der Waals surface area contributed by atoms with Gasteiger partial charge in [0, 0.05) is 18.0 Å². The maximum atomic E-state index is 4.95. The van der Waals surface area contributed by atoms with Crippen molar-refractivity contribution >= 4 is 22.4 Å². The largest absolute Gasteiger partial charge is 1.00 e. The third kappa shape index (κ3) is 5.41. The molecule has 0 saturated carbocycles. The molecule has 0 unspecified atom stereocenters. The van der Waals surface area contributed by atoms with Crippen molar-refractivity contribution < 1.29 is 35.8 Å². The second-order valence-corrected chi connectivity index (χ2v) is 4.68. The van der Waals surface area contributed by atoms with E-state index in [1.165, 1.54) is 0 Å². The smallest absolute Gasteiger partial charge is 1.00 e. The van der Waals surface area contributed by atoms with E-state index < -0.39 is 0 Å². The van der Waals surface area contributed by atoms with Crippen LogP contribution >= 0.6 is 0 Å². The Morgan fingerprint density at radius 2 is 1.83 bits per heavy atom. The van der Waals surface area contributed by atoms with E-state index in [9.17, 15) is 0 Å². The molecule has 0 aliphatic carbocycles. The van der Waals surface area contributed by atoms with Gasteiger partial charge < -0.3 is 1.43 Å². The van der Waals surface area contributed by atoms with E-state index in [4.69, 9.17) is 4.84 Å². The molecule has 1 saturated heterocycles. The fourth-order valence-corrected chi connectivity index (χ4v) is 1.99. The number of hydroxylamine groups is 1. The zero-order chi connectivity index (χ0) is 15.0. The summed E-state index contributed by atoms with van der Waals surface area (Å²) in [6, 6.07) is 17.8. The summed E-state index contributed by atoms with van der Waals surface area (Å²) < 4.78 is 0. The van der Waals surface area contributed by atoms with Gasteiger partial charge in [-0.3, -0.25) is 10.3 Å². The monoisotopic (exact) mass is 316 g/mol. The van der Waals surface area contributed by atoms with Crippen molar-refractivity contribution in [1.82, 2.24) is 15.4 Å². The van der Waals surface area contributed by atoms with Crippen LogP contribution in [0.1, 0.15) is 7.85 Å². The van der Waals surface area contributed by atoms with Crippen LogP contribution in [0.5, 0.6) is 0 Å². The number of rotatable bonds is 1. The molecule has 1 aliphatic rings. The van der Waals surface area contributed by atoms with Crippen molar-refractivity contribution in [3.8, 4) is 0 Å². The second kappa shape index (κ2) is 9.37. The van der Waals surface area contributed by atoms with E-state index in [1.54, 1.807) is 6.33 Å². The van der Waals surface area contributed by atoms with Crippen molar-refractivity contribution in [2.45, 2.75) is 6.42 Å². The van der Waals surface area contributed by atoms with Crippen LogP contribution < -0.4 is 35.0 Å². The van der Waals surface area contributed by atoms with Gasteiger partial charge in [0.2, 0.25) is 0 Å². The van der Waals surface area contributed by atoms with E-state index in [2.05, 4.69) is 20.4 Å². The molecule has 1 N–H and O–H groups in total. The molecule has 3 aromatic rings. The van der Waals surface area contributed by atoms with Crippen LogP contribution in [0, 0.1) is 0 Å². The van der Waals surface area contributed by atoms with Crippen LogP contribution in [0.25, 0.3) is 10.9 Å². The van der Waals surface area contributed by atoms with Gasteiger partial charge in [-0.25, -0.2) is 15.0 Å². The Kier molecular flexibility index (Phi) is 7.16. The minimum Gasteiger partial charge on any atom is -1.00 e. The molecule has 2 heterocycles. The Hall–Kier alpha value is -1.79. The van der Waals surface area contributed by atoms with Crippen molar-refractivity contribution in [3.05, 3.63) is 67.1 Å². The average molecular weight is 316 g/mol. The Morgan fingerprint density at radius 3 is 2.57 bits per heavy atom. The first-order valence-electron chi connectivity index (χ1n) is 7.07. The molecule has 0 spiro atoms. The maximum Gasteiger partial charge on any atom is 1.00 e. The molecule has 4 rings (SSSR count). The van der Waals surface area contributed by atoms with Gasteiger partial charge in [-0.1, -0.05) is 36.4 Å². The molecule has 5 nitrogen and oxygen atoms in total. The molecule has 1 aliphatic heterocycles. The van der Waals surface area contributed by atoms with Gasteiger partial charge in [-0.05, 0) is 18.2 Å². The zero-order valence-electron chi connectivity index (χ0n) is 14.0. The summed E-state index contributed by atoms with van der Waals surface area (Å²) >= 11 is 0. The van der Waals surface area contributed by atoms with E-state index >= 15 is 0 Å². The minimum absolute atomic E-state index is 0. The Morgan fingerprint density at radius 1 is 1.04 bits per heavy atom. The number of benzene rings is 2. The van der Waals surface area contributed by atoms with Crippen molar-refractivity contribution in [3.63, 3.8) is 0 Å². The fourth-order valence-electron chi connectivity index (χ4n) is 1.99. The Balaban J connectivity index is 0.000000224. The normalized spacial score (nSPS) is 14.5.